The van der Waals surface area contributed by atoms with Gasteiger partial charge < -0.3 is 9.67 Å². The van der Waals surface area contributed by atoms with Crippen molar-refractivity contribution in [3.05, 3.63) is 40.3 Å². The first-order chi connectivity index (χ1) is 16.0. The zero-order chi connectivity index (χ0) is 23.0. The molecule has 3 atom stereocenters. The number of carbonyl (C=O) groups is 1. The van der Waals surface area contributed by atoms with Crippen LogP contribution >= 0.6 is 0 Å². The summed E-state index contributed by atoms with van der Waals surface area (Å²) < 4.78 is 1.78. The van der Waals surface area contributed by atoms with Crippen LogP contribution in [0.25, 0.3) is 11.0 Å². The molecule has 1 aromatic carbocycles. The van der Waals surface area contributed by atoms with Crippen LogP contribution in [-0.4, -0.2) is 43.1 Å². The van der Waals surface area contributed by atoms with Crippen LogP contribution in [0.5, 0.6) is 0 Å². The smallest absolute Gasteiger partial charge is 0.360 e. The largest absolute Gasteiger partial charge is 0.476 e. The fourth-order valence-electron chi connectivity index (χ4n) is 7.35. The molecule has 0 spiro atoms. The molecule has 2 saturated heterocycles. The lowest BCUT2D eigenvalue weighted by Crippen LogP contribution is -2.63. The van der Waals surface area contributed by atoms with Gasteiger partial charge in [0.25, 0.3) is 5.56 Å². The SMILES string of the molecule is CCC1(N2[C@@H]3CCC[C@H]2CC(n2c(=O)c(C(=O)O)nc4ccccc42)C3)CCCCCCC1. The highest BCUT2D eigenvalue weighted by atomic mass is 16.4. The molecule has 178 valence electrons. The van der Waals surface area contributed by atoms with Gasteiger partial charge in [-0.1, -0.05) is 57.6 Å². The second kappa shape index (κ2) is 9.21. The Morgan fingerprint density at radius 3 is 2.27 bits per heavy atom. The van der Waals surface area contributed by atoms with E-state index in [0.29, 0.717) is 23.1 Å². The summed E-state index contributed by atoms with van der Waals surface area (Å²) in [5, 5.41) is 9.65. The molecule has 5 rings (SSSR count). The lowest BCUT2D eigenvalue weighted by Gasteiger charge is -2.58. The van der Waals surface area contributed by atoms with Gasteiger partial charge >= 0.3 is 5.97 Å². The Morgan fingerprint density at radius 1 is 1.00 bits per heavy atom. The maximum absolute atomic E-state index is 13.3. The minimum Gasteiger partial charge on any atom is -0.476 e. The van der Waals surface area contributed by atoms with E-state index in [1.807, 2.05) is 24.3 Å². The number of fused-ring (bicyclic) bond motifs is 3. The molecular formula is C27H37N3O3. The summed E-state index contributed by atoms with van der Waals surface area (Å²) in [6.45, 7) is 2.38. The molecule has 1 aromatic heterocycles. The summed E-state index contributed by atoms with van der Waals surface area (Å²) >= 11 is 0. The molecule has 33 heavy (non-hydrogen) atoms. The molecule has 1 N–H and O–H groups in total. The van der Waals surface area contributed by atoms with Crippen LogP contribution in [0.15, 0.2) is 29.1 Å². The normalized spacial score (nSPS) is 28.2. The van der Waals surface area contributed by atoms with E-state index in [1.165, 1.54) is 70.6 Å². The molecule has 3 aliphatic rings. The molecule has 1 aliphatic carbocycles. The molecule has 6 nitrogen and oxygen atoms in total. The van der Waals surface area contributed by atoms with Gasteiger partial charge in [-0.15, -0.1) is 0 Å². The van der Waals surface area contributed by atoms with Crippen LogP contribution in [0.4, 0.5) is 0 Å². The zero-order valence-electron chi connectivity index (χ0n) is 19.8. The van der Waals surface area contributed by atoms with Crippen molar-refractivity contribution < 1.29 is 9.90 Å². The average Bonchev–Trinajstić information content (AvgIpc) is 2.78. The van der Waals surface area contributed by atoms with Crippen molar-refractivity contribution >= 4 is 17.0 Å². The van der Waals surface area contributed by atoms with Gasteiger partial charge in [0, 0.05) is 23.7 Å². The van der Waals surface area contributed by atoms with Crippen LogP contribution in [0.2, 0.25) is 0 Å². The van der Waals surface area contributed by atoms with Gasteiger partial charge in [-0.25, -0.2) is 9.78 Å². The third-order valence-corrected chi connectivity index (χ3v) is 8.80. The topological polar surface area (TPSA) is 75.4 Å². The molecule has 1 saturated carbocycles. The maximum Gasteiger partial charge on any atom is 0.360 e. The van der Waals surface area contributed by atoms with Crippen LogP contribution in [0.1, 0.15) is 107 Å². The van der Waals surface area contributed by atoms with Crippen LogP contribution in [-0.2, 0) is 0 Å². The second-order valence-electron chi connectivity index (χ2n) is 10.5. The molecule has 2 aliphatic heterocycles. The van der Waals surface area contributed by atoms with Crippen molar-refractivity contribution in [2.75, 3.05) is 0 Å². The molecule has 2 bridgehead atoms. The van der Waals surface area contributed by atoms with Crippen molar-refractivity contribution in [3.8, 4) is 0 Å². The van der Waals surface area contributed by atoms with E-state index in [9.17, 15) is 14.7 Å². The molecule has 2 aromatic rings. The molecule has 3 fully saturated rings. The molecule has 3 heterocycles. The fourth-order valence-corrected chi connectivity index (χ4v) is 7.35. The number of benzene rings is 1. The highest BCUT2D eigenvalue weighted by Crippen LogP contribution is 2.47. The van der Waals surface area contributed by atoms with Gasteiger partial charge in [0.2, 0.25) is 5.69 Å². The van der Waals surface area contributed by atoms with E-state index in [0.717, 1.165) is 18.4 Å². The lowest BCUT2D eigenvalue weighted by atomic mass is 9.72. The Bertz CT molecular complexity index is 1060. The van der Waals surface area contributed by atoms with Crippen molar-refractivity contribution in [1.29, 1.82) is 0 Å². The molecule has 0 amide bonds. The van der Waals surface area contributed by atoms with Gasteiger partial charge in [-0.3, -0.25) is 9.69 Å². The van der Waals surface area contributed by atoms with E-state index < -0.39 is 11.5 Å². The number of piperidine rings is 2. The number of aromatic carboxylic acids is 1. The lowest BCUT2D eigenvalue weighted by molar-refractivity contribution is -0.0808. The highest BCUT2D eigenvalue weighted by molar-refractivity contribution is 5.88. The van der Waals surface area contributed by atoms with E-state index >= 15 is 0 Å². The molecular weight excluding hydrogens is 414 g/mol. The number of carboxylic acid groups (broad SMARTS) is 1. The van der Waals surface area contributed by atoms with E-state index in [1.54, 1.807) is 4.57 Å². The summed E-state index contributed by atoms with van der Waals surface area (Å²) in [4.78, 5) is 32.2. The van der Waals surface area contributed by atoms with Crippen molar-refractivity contribution in [1.82, 2.24) is 14.5 Å². The van der Waals surface area contributed by atoms with Crippen LogP contribution in [0.3, 0.4) is 0 Å². The number of para-hydroxylation sites is 2. The number of aromatic nitrogens is 2. The minimum absolute atomic E-state index is 0.0255. The third kappa shape index (κ3) is 4.01. The Morgan fingerprint density at radius 2 is 1.64 bits per heavy atom. The Hall–Kier alpha value is -2.21. The third-order valence-electron chi connectivity index (χ3n) is 8.80. The predicted octanol–water partition coefficient (Wildman–Crippen LogP) is 5.55. The average molecular weight is 452 g/mol. The predicted molar refractivity (Wildman–Crippen MR) is 130 cm³/mol. The van der Waals surface area contributed by atoms with Crippen LogP contribution < -0.4 is 5.56 Å². The Balaban J connectivity index is 1.54. The minimum atomic E-state index is -1.24. The molecule has 6 heteroatoms. The van der Waals surface area contributed by atoms with E-state index in [2.05, 4.69) is 16.8 Å². The number of carboxylic acids is 1. The van der Waals surface area contributed by atoms with Gasteiger partial charge in [-0.05, 0) is 57.1 Å². The Kier molecular flexibility index (Phi) is 6.30. The van der Waals surface area contributed by atoms with Gasteiger partial charge in [-0.2, -0.15) is 0 Å². The molecule has 1 unspecified atom stereocenters. The second-order valence-corrected chi connectivity index (χ2v) is 10.5. The fraction of sp³-hybridized carbons (Fsp3) is 0.667. The summed E-state index contributed by atoms with van der Waals surface area (Å²) in [6, 6.07) is 8.46. The summed E-state index contributed by atoms with van der Waals surface area (Å²) in [5.74, 6) is -1.24. The zero-order valence-corrected chi connectivity index (χ0v) is 19.8. The first-order valence-corrected chi connectivity index (χ1v) is 13.1. The van der Waals surface area contributed by atoms with Crippen molar-refractivity contribution in [3.63, 3.8) is 0 Å². The maximum atomic E-state index is 13.3. The first-order valence-electron chi connectivity index (χ1n) is 13.1. The Labute approximate surface area is 196 Å². The van der Waals surface area contributed by atoms with Crippen molar-refractivity contribution in [2.24, 2.45) is 0 Å². The van der Waals surface area contributed by atoms with Crippen LogP contribution in [0, 0.1) is 0 Å². The summed E-state index contributed by atoms with van der Waals surface area (Å²) in [5.41, 5.74) is 0.839. The number of hydrogen-bond donors (Lipinski definition) is 1. The summed E-state index contributed by atoms with van der Waals surface area (Å²) in [7, 11) is 0. The first kappa shape index (κ1) is 22.6. The van der Waals surface area contributed by atoms with E-state index in [-0.39, 0.29) is 11.7 Å². The molecule has 0 radical (unpaired) electrons. The number of nitrogens with zero attached hydrogens (tertiary/aromatic N) is 3. The highest BCUT2D eigenvalue weighted by Gasteiger charge is 2.48. The van der Waals surface area contributed by atoms with Gasteiger partial charge in [0.05, 0.1) is 11.0 Å². The summed E-state index contributed by atoms with van der Waals surface area (Å²) in [6.07, 6.45) is 16.0. The van der Waals surface area contributed by atoms with E-state index in [4.69, 9.17) is 0 Å². The number of rotatable bonds is 4. The number of hydrogen-bond acceptors (Lipinski definition) is 4. The monoisotopic (exact) mass is 451 g/mol. The van der Waals surface area contributed by atoms with Crippen molar-refractivity contribution in [2.45, 2.75) is 114 Å². The van der Waals surface area contributed by atoms with Gasteiger partial charge in [0.1, 0.15) is 0 Å². The quantitative estimate of drug-likeness (QED) is 0.660. The standard InChI is InChI=1S/C27H37N3O3/c1-2-27(15-8-4-3-5-9-16-27)30-19-11-10-12-20(30)18-21(17-19)29-23-14-7-6-13-22(23)28-24(25(29)31)26(32)33/h6-7,13-14,19-21H,2-5,8-12,15-18H2,1H3,(H,32,33)/t19-,20+,21?. The van der Waals surface area contributed by atoms with Gasteiger partial charge in [0.15, 0.2) is 0 Å².